The highest BCUT2D eigenvalue weighted by atomic mass is 19.1. The molecule has 7 heteroatoms. The number of benzene rings is 2. The standard InChI is InChI=1S/C23H26FN3O3/c24-20-8-2-1-7-18(20)23(29)26-16-9-10-21(27-11-3-4-12-27)19(14-16)22(28)25-15-17-6-5-13-30-17/h1-2,7-10,14,17H,3-6,11-13,15H2,(H,25,28)(H,26,29)/t17-/m0/s1. The van der Waals surface area contributed by atoms with Crippen LogP contribution in [-0.2, 0) is 4.74 Å². The van der Waals surface area contributed by atoms with Crippen LogP contribution in [0.3, 0.4) is 0 Å². The molecule has 6 nitrogen and oxygen atoms in total. The number of anilines is 2. The van der Waals surface area contributed by atoms with Crippen molar-refractivity contribution < 1.29 is 18.7 Å². The van der Waals surface area contributed by atoms with Crippen molar-refractivity contribution in [2.45, 2.75) is 31.8 Å². The first-order valence-corrected chi connectivity index (χ1v) is 10.5. The smallest absolute Gasteiger partial charge is 0.258 e. The number of amides is 2. The van der Waals surface area contributed by atoms with Gasteiger partial charge in [0.05, 0.1) is 17.2 Å². The summed E-state index contributed by atoms with van der Waals surface area (Å²) in [5.74, 6) is -1.33. The van der Waals surface area contributed by atoms with Crippen molar-refractivity contribution in [1.82, 2.24) is 5.32 Å². The van der Waals surface area contributed by atoms with Crippen LogP contribution in [0.25, 0.3) is 0 Å². The van der Waals surface area contributed by atoms with Crippen LogP contribution in [-0.4, -0.2) is 44.2 Å². The third kappa shape index (κ3) is 4.62. The minimum absolute atomic E-state index is 0.0366. The van der Waals surface area contributed by atoms with Gasteiger partial charge in [-0.3, -0.25) is 9.59 Å². The third-order valence-electron chi connectivity index (χ3n) is 5.58. The van der Waals surface area contributed by atoms with Crippen LogP contribution in [0.15, 0.2) is 42.5 Å². The fraction of sp³-hybridized carbons (Fsp3) is 0.391. The Morgan fingerprint density at radius 2 is 1.83 bits per heavy atom. The number of carbonyl (C=O) groups is 2. The molecule has 1 atom stereocenters. The first kappa shape index (κ1) is 20.3. The quantitative estimate of drug-likeness (QED) is 0.762. The van der Waals surface area contributed by atoms with Gasteiger partial charge in [0.2, 0.25) is 0 Å². The second-order valence-corrected chi connectivity index (χ2v) is 7.71. The van der Waals surface area contributed by atoms with Gasteiger partial charge in [0.1, 0.15) is 5.82 Å². The summed E-state index contributed by atoms with van der Waals surface area (Å²) in [5, 5.41) is 5.67. The molecule has 0 aliphatic carbocycles. The Bertz CT molecular complexity index is 922. The zero-order valence-corrected chi connectivity index (χ0v) is 16.8. The van der Waals surface area contributed by atoms with E-state index in [-0.39, 0.29) is 17.6 Å². The molecule has 2 N–H and O–H groups in total. The second kappa shape index (κ2) is 9.26. The Hall–Kier alpha value is -2.93. The van der Waals surface area contributed by atoms with Crippen molar-refractivity contribution in [1.29, 1.82) is 0 Å². The van der Waals surface area contributed by atoms with Gasteiger partial charge in [-0.25, -0.2) is 4.39 Å². The minimum atomic E-state index is -0.585. The molecule has 158 valence electrons. The molecule has 2 aromatic rings. The topological polar surface area (TPSA) is 70.7 Å². The lowest BCUT2D eigenvalue weighted by atomic mass is 10.1. The molecule has 2 aromatic carbocycles. The first-order valence-electron chi connectivity index (χ1n) is 10.5. The van der Waals surface area contributed by atoms with Gasteiger partial charge >= 0.3 is 0 Å². The van der Waals surface area contributed by atoms with Gasteiger partial charge in [0.25, 0.3) is 11.8 Å². The summed E-state index contributed by atoms with van der Waals surface area (Å²) in [5.41, 5.74) is 1.77. The molecule has 30 heavy (non-hydrogen) atoms. The van der Waals surface area contributed by atoms with Crippen LogP contribution in [0.4, 0.5) is 15.8 Å². The van der Waals surface area contributed by atoms with Gasteiger partial charge in [0.15, 0.2) is 0 Å². The number of halogens is 1. The second-order valence-electron chi connectivity index (χ2n) is 7.71. The maximum Gasteiger partial charge on any atom is 0.258 e. The summed E-state index contributed by atoms with van der Waals surface area (Å²) in [6.45, 7) is 2.99. The highest BCUT2D eigenvalue weighted by Crippen LogP contribution is 2.28. The van der Waals surface area contributed by atoms with E-state index in [1.165, 1.54) is 18.2 Å². The number of carbonyl (C=O) groups excluding carboxylic acids is 2. The molecule has 2 amide bonds. The van der Waals surface area contributed by atoms with Crippen molar-refractivity contribution in [3.05, 3.63) is 59.4 Å². The molecule has 0 aromatic heterocycles. The van der Waals surface area contributed by atoms with Gasteiger partial charge < -0.3 is 20.3 Å². The van der Waals surface area contributed by atoms with E-state index < -0.39 is 11.7 Å². The normalized spacial score (nSPS) is 18.4. The van der Waals surface area contributed by atoms with Crippen LogP contribution >= 0.6 is 0 Å². The zero-order chi connectivity index (χ0) is 20.9. The van der Waals surface area contributed by atoms with Crippen molar-refractivity contribution in [2.24, 2.45) is 0 Å². The SMILES string of the molecule is O=C(Nc1ccc(N2CCCC2)c(C(=O)NC[C@@H]2CCCO2)c1)c1ccccc1F. The fourth-order valence-corrected chi connectivity index (χ4v) is 3.98. The number of hydrogen-bond acceptors (Lipinski definition) is 4. The number of nitrogens with zero attached hydrogens (tertiary/aromatic N) is 1. The first-order chi connectivity index (χ1) is 14.6. The summed E-state index contributed by atoms with van der Waals surface area (Å²) in [4.78, 5) is 27.6. The summed E-state index contributed by atoms with van der Waals surface area (Å²) in [6, 6.07) is 11.1. The maximum absolute atomic E-state index is 13.9. The van der Waals surface area contributed by atoms with Gasteiger partial charge in [-0.2, -0.15) is 0 Å². The number of nitrogens with one attached hydrogen (secondary N) is 2. The van der Waals surface area contributed by atoms with Crippen LogP contribution in [0.2, 0.25) is 0 Å². The van der Waals surface area contributed by atoms with E-state index in [0.717, 1.165) is 51.1 Å². The van der Waals surface area contributed by atoms with Crippen LogP contribution in [0.1, 0.15) is 46.4 Å². The predicted molar refractivity (Wildman–Crippen MR) is 114 cm³/mol. The van der Waals surface area contributed by atoms with E-state index in [2.05, 4.69) is 15.5 Å². The van der Waals surface area contributed by atoms with E-state index in [4.69, 9.17) is 4.74 Å². The average molecular weight is 411 g/mol. The van der Waals surface area contributed by atoms with E-state index in [0.29, 0.717) is 17.8 Å². The van der Waals surface area contributed by atoms with E-state index >= 15 is 0 Å². The fourth-order valence-electron chi connectivity index (χ4n) is 3.98. The van der Waals surface area contributed by atoms with Crippen LogP contribution in [0.5, 0.6) is 0 Å². The van der Waals surface area contributed by atoms with Gasteiger partial charge in [-0.05, 0) is 56.0 Å². The Labute approximate surface area is 175 Å². The molecule has 2 aliphatic rings. The van der Waals surface area contributed by atoms with Crippen molar-refractivity contribution >= 4 is 23.2 Å². The molecule has 0 bridgehead atoms. The molecule has 0 spiro atoms. The largest absolute Gasteiger partial charge is 0.376 e. The number of hydrogen-bond donors (Lipinski definition) is 2. The minimum Gasteiger partial charge on any atom is -0.376 e. The summed E-state index contributed by atoms with van der Waals surface area (Å²) in [7, 11) is 0. The molecular weight excluding hydrogens is 385 g/mol. The molecule has 2 heterocycles. The monoisotopic (exact) mass is 411 g/mol. The molecule has 0 unspecified atom stereocenters. The molecular formula is C23H26FN3O3. The Morgan fingerprint density at radius 3 is 2.57 bits per heavy atom. The average Bonchev–Trinajstić information content (AvgIpc) is 3.46. The lowest BCUT2D eigenvalue weighted by Gasteiger charge is -2.22. The van der Waals surface area contributed by atoms with Gasteiger partial charge in [-0.1, -0.05) is 12.1 Å². The van der Waals surface area contributed by atoms with Crippen LogP contribution in [0, 0.1) is 5.82 Å². The van der Waals surface area contributed by atoms with E-state index in [9.17, 15) is 14.0 Å². The number of rotatable bonds is 6. The van der Waals surface area contributed by atoms with Crippen molar-refractivity contribution in [3.63, 3.8) is 0 Å². The van der Waals surface area contributed by atoms with E-state index in [1.807, 2.05) is 6.07 Å². The lowest BCUT2D eigenvalue weighted by Crippen LogP contribution is -2.33. The van der Waals surface area contributed by atoms with Crippen molar-refractivity contribution in [2.75, 3.05) is 36.5 Å². The van der Waals surface area contributed by atoms with Crippen molar-refractivity contribution in [3.8, 4) is 0 Å². The molecule has 4 rings (SSSR count). The number of ether oxygens (including phenoxy) is 1. The molecule has 2 aliphatic heterocycles. The summed E-state index contributed by atoms with van der Waals surface area (Å²) < 4.78 is 19.5. The Kier molecular flexibility index (Phi) is 6.28. The third-order valence-corrected chi connectivity index (χ3v) is 5.58. The van der Waals surface area contributed by atoms with E-state index in [1.54, 1.807) is 18.2 Å². The Morgan fingerprint density at radius 1 is 1.03 bits per heavy atom. The molecule has 0 radical (unpaired) electrons. The molecule has 2 saturated heterocycles. The van der Waals surface area contributed by atoms with Gasteiger partial charge in [-0.15, -0.1) is 0 Å². The molecule has 2 fully saturated rings. The summed E-state index contributed by atoms with van der Waals surface area (Å²) >= 11 is 0. The van der Waals surface area contributed by atoms with Gasteiger partial charge in [0, 0.05) is 37.6 Å². The zero-order valence-electron chi connectivity index (χ0n) is 16.8. The highest BCUT2D eigenvalue weighted by Gasteiger charge is 2.22. The highest BCUT2D eigenvalue weighted by molar-refractivity contribution is 6.06. The molecule has 0 saturated carbocycles. The summed E-state index contributed by atoms with van der Waals surface area (Å²) in [6.07, 6.45) is 4.17. The lowest BCUT2D eigenvalue weighted by molar-refractivity contribution is 0.0858. The predicted octanol–water partition coefficient (Wildman–Crippen LogP) is 3.59. The van der Waals surface area contributed by atoms with Crippen LogP contribution < -0.4 is 15.5 Å². The maximum atomic E-state index is 13.9. The Balaban J connectivity index is 1.54.